The number of nitrogens with one attached hydrogen (secondary N) is 1. The van der Waals surface area contributed by atoms with Gasteiger partial charge in [-0.2, -0.15) is 4.39 Å². The van der Waals surface area contributed by atoms with Gasteiger partial charge < -0.3 is 5.32 Å². The number of carbonyl (C=O) groups excluding carboxylic acids is 1. The molecule has 1 aromatic rings. The normalized spacial score (nSPS) is 23.7. The molecule has 2 unspecified atom stereocenters. The zero-order valence-corrected chi connectivity index (χ0v) is 9.54. The summed E-state index contributed by atoms with van der Waals surface area (Å²) in [5.41, 5.74) is -0.281. The molecule has 2 rings (SSSR count). The van der Waals surface area contributed by atoms with Crippen LogP contribution in [0.5, 0.6) is 0 Å². The van der Waals surface area contributed by atoms with Crippen LogP contribution in [0.15, 0.2) is 12.3 Å². The molecule has 1 aliphatic carbocycles. The summed E-state index contributed by atoms with van der Waals surface area (Å²) in [7, 11) is 0. The third kappa shape index (κ3) is 2.43. The third-order valence-electron chi connectivity index (χ3n) is 3.27. The van der Waals surface area contributed by atoms with Crippen LogP contribution in [0.4, 0.5) is 8.78 Å². The van der Waals surface area contributed by atoms with E-state index in [4.69, 9.17) is 0 Å². The lowest BCUT2D eigenvalue weighted by atomic mass is 10.1. The highest BCUT2D eigenvalue weighted by molar-refractivity contribution is 5.94. The monoisotopic (exact) mass is 240 g/mol. The van der Waals surface area contributed by atoms with Gasteiger partial charge in [0.15, 0.2) is 5.82 Å². The van der Waals surface area contributed by atoms with Crippen molar-refractivity contribution in [1.29, 1.82) is 0 Å². The van der Waals surface area contributed by atoms with Crippen molar-refractivity contribution in [2.24, 2.45) is 5.92 Å². The molecule has 3 nitrogen and oxygen atoms in total. The minimum Gasteiger partial charge on any atom is -0.349 e. The van der Waals surface area contributed by atoms with E-state index in [2.05, 4.69) is 10.3 Å². The first kappa shape index (κ1) is 12.0. The first-order valence-corrected chi connectivity index (χ1v) is 5.70. The van der Waals surface area contributed by atoms with Gasteiger partial charge in [0.25, 0.3) is 5.91 Å². The van der Waals surface area contributed by atoms with Gasteiger partial charge in [0, 0.05) is 12.2 Å². The number of pyridine rings is 1. The Balaban J connectivity index is 2.12. The summed E-state index contributed by atoms with van der Waals surface area (Å²) in [5, 5.41) is 2.74. The predicted molar refractivity (Wildman–Crippen MR) is 58.4 cm³/mol. The van der Waals surface area contributed by atoms with Crippen molar-refractivity contribution in [1.82, 2.24) is 10.3 Å². The van der Waals surface area contributed by atoms with Crippen molar-refractivity contribution in [2.75, 3.05) is 0 Å². The second-order valence-corrected chi connectivity index (χ2v) is 4.45. The SMILES string of the molecule is CC1CCCC1NC(=O)c1ccnc(F)c1F. The zero-order valence-electron chi connectivity index (χ0n) is 9.54. The van der Waals surface area contributed by atoms with Crippen LogP contribution in [0.25, 0.3) is 0 Å². The van der Waals surface area contributed by atoms with Crippen LogP contribution in [-0.4, -0.2) is 16.9 Å². The molecule has 1 heterocycles. The highest BCUT2D eigenvalue weighted by atomic mass is 19.2. The van der Waals surface area contributed by atoms with E-state index in [1.807, 2.05) is 6.92 Å². The first-order valence-electron chi connectivity index (χ1n) is 5.70. The first-order chi connectivity index (χ1) is 8.09. The van der Waals surface area contributed by atoms with Crippen LogP contribution in [0.1, 0.15) is 36.5 Å². The van der Waals surface area contributed by atoms with Crippen LogP contribution in [-0.2, 0) is 0 Å². The second-order valence-electron chi connectivity index (χ2n) is 4.45. The van der Waals surface area contributed by atoms with Crippen molar-refractivity contribution in [3.05, 3.63) is 29.6 Å². The molecule has 2 atom stereocenters. The Morgan fingerprint density at radius 2 is 2.24 bits per heavy atom. The summed E-state index contributed by atoms with van der Waals surface area (Å²) in [6.45, 7) is 2.04. The zero-order chi connectivity index (χ0) is 12.4. The number of hydrogen-bond acceptors (Lipinski definition) is 2. The van der Waals surface area contributed by atoms with E-state index in [0.29, 0.717) is 5.92 Å². The van der Waals surface area contributed by atoms with Crippen LogP contribution in [0.3, 0.4) is 0 Å². The lowest BCUT2D eigenvalue weighted by molar-refractivity contribution is 0.0924. The van der Waals surface area contributed by atoms with Gasteiger partial charge in [-0.15, -0.1) is 0 Å². The van der Waals surface area contributed by atoms with Crippen molar-refractivity contribution in [3.8, 4) is 0 Å². The Labute approximate surface area is 98.2 Å². The Bertz CT molecular complexity index is 437. The average Bonchev–Trinajstić information content (AvgIpc) is 2.68. The molecule has 0 bridgehead atoms. The van der Waals surface area contributed by atoms with Crippen LogP contribution >= 0.6 is 0 Å². The minimum absolute atomic E-state index is 0.0538. The molecule has 0 saturated heterocycles. The molecule has 17 heavy (non-hydrogen) atoms. The number of amides is 1. The van der Waals surface area contributed by atoms with E-state index in [0.717, 1.165) is 25.5 Å². The molecule has 92 valence electrons. The molecule has 1 N–H and O–H groups in total. The van der Waals surface area contributed by atoms with Crippen LogP contribution in [0, 0.1) is 17.7 Å². The lowest BCUT2D eigenvalue weighted by Gasteiger charge is -2.17. The van der Waals surface area contributed by atoms with Gasteiger partial charge in [-0.3, -0.25) is 4.79 Å². The predicted octanol–water partition coefficient (Wildman–Crippen LogP) is 2.28. The van der Waals surface area contributed by atoms with Crippen molar-refractivity contribution in [3.63, 3.8) is 0 Å². The molecular weight excluding hydrogens is 226 g/mol. The maximum absolute atomic E-state index is 13.3. The number of aromatic nitrogens is 1. The number of nitrogens with zero attached hydrogens (tertiary/aromatic N) is 1. The number of rotatable bonds is 2. The number of carbonyl (C=O) groups is 1. The Morgan fingerprint density at radius 3 is 2.88 bits per heavy atom. The minimum atomic E-state index is -1.24. The highest BCUT2D eigenvalue weighted by Gasteiger charge is 2.26. The quantitative estimate of drug-likeness (QED) is 0.806. The van der Waals surface area contributed by atoms with Crippen LogP contribution in [0.2, 0.25) is 0 Å². The molecule has 1 saturated carbocycles. The third-order valence-corrected chi connectivity index (χ3v) is 3.27. The molecule has 1 aliphatic rings. The largest absolute Gasteiger partial charge is 0.349 e. The van der Waals surface area contributed by atoms with Gasteiger partial charge in [0.05, 0.1) is 5.56 Å². The van der Waals surface area contributed by atoms with E-state index in [9.17, 15) is 13.6 Å². The van der Waals surface area contributed by atoms with E-state index in [-0.39, 0.29) is 11.6 Å². The molecule has 5 heteroatoms. The topological polar surface area (TPSA) is 42.0 Å². The lowest BCUT2D eigenvalue weighted by Crippen LogP contribution is -2.37. The standard InChI is InChI=1S/C12H14F2N2O/c1-7-3-2-4-9(7)16-12(17)8-5-6-15-11(14)10(8)13/h5-7,9H,2-4H2,1H3,(H,16,17). The van der Waals surface area contributed by atoms with Gasteiger partial charge >= 0.3 is 0 Å². The van der Waals surface area contributed by atoms with Gasteiger partial charge in [-0.25, -0.2) is 9.37 Å². The fraction of sp³-hybridized carbons (Fsp3) is 0.500. The Morgan fingerprint density at radius 1 is 1.47 bits per heavy atom. The molecule has 1 fully saturated rings. The van der Waals surface area contributed by atoms with E-state index >= 15 is 0 Å². The summed E-state index contributed by atoms with van der Waals surface area (Å²) < 4.78 is 26.2. The summed E-state index contributed by atoms with van der Waals surface area (Å²) in [4.78, 5) is 14.9. The molecule has 0 spiro atoms. The number of hydrogen-bond donors (Lipinski definition) is 1. The van der Waals surface area contributed by atoms with Gasteiger partial charge in [-0.05, 0) is 24.8 Å². The van der Waals surface area contributed by atoms with Gasteiger partial charge in [0.2, 0.25) is 5.95 Å². The van der Waals surface area contributed by atoms with E-state index in [1.54, 1.807) is 0 Å². The Hall–Kier alpha value is -1.52. The Kier molecular flexibility index (Phi) is 3.36. The molecule has 0 aromatic carbocycles. The molecule has 0 aliphatic heterocycles. The fourth-order valence-corrected chi connectivity index (χ4v) is 2.20. The maximum atomic E-state index is 13.3. The summed E-state index contributed by atoms with van der Waals surface area (Å²) in [6, 6.07) is 1.24. The van der Waals surface area contributed by atoms with E-state index < -0.39 is 17.7 Å². The summed E-state index contributed by atoms with van der Waals surface area (Å²) >= 11 is 0. The van der Waals surface area contributed by atoms with Crippen molar-refractivity contribution >= 4 is 5.91 Å². The fourth-order valence-electron chi connectivity index (χ4n) is 2.20. The maximum Gasteiger partial charge on any atom is 0.254 e. The molecule has 1 amide bonds. The summed E-state index contributed by atoms with van der Waals surface area (Å²) in [5.74, 6) is -2.61. The van der Waals surface area contributed by atoms with Gasteiger partial charge in [-0.1, -0.05) is 13.3 Å². The van der Waals surface area contributed by atoms with Crippen LogP contribution < -0.4 is 5.32 Å². The summed E-state index contributed by atoms with van der Waals surface area (Å²) in [6.07, 6.45) is 4.09. The highest BCUT2D eigenvalue weighted by Crippen LogP contribution is 2.25. The molecule has 1 aromatic heterocycles. The van der Waals surface area contributed by atoms with Crippen molar-refractivity contribution in [2.45, 2.75) is 32.2 Å². The molecule has 0 radical (unpaired) electrons. The van der Waals surface area contributed by atoms with Gasteiger partial charge in [0.1, 0.15) is 0 Å². The smallest absolute Gasteiger partial charge is 0.254 e. The second kappa shape index (κ2) is 4.77. The van der Waals surface area contributed by atoms with Crippen molar-refractivity contribution < 1.29 is 13.6 Å². The average molecular weight is 240 g/mol. The number of halogens is 2. The molecular formula is C12H14F2N2O. The van der Waals surface area contributed by atoms with E-state index in [1.165, 1.54) is 6.07 Å².